The predicted octanol–water partition coefficient (Wildman–Crippen LogP) is 2.34. The minimum atomic E-state index is 0.639. The number of methoxy groups -OCH3 is 1. The summed E-state index contributed by atoms with van der Waals surface area (Å²) in [5, 5.41) is 8.77. The second-order valence-corrected chi connectivity index (χ2v) is 6.06. The predicted molar refractivity (Wildman–Crippen MR) is 86.3 cm³/mol. The molecular formula is C17H24N4O. The Labute approximate surface area is 131 Å². The fraction of sp³-hybridized carbons (Fsp3) is 0.529. The van der Waals surface area contributed by atoms with E-state index in [-0.39, 0.29) is 0 Å². The normalized spacial score (nSPS) is 19.5. The van der Waals surface area contributed by atoms with Crippen LogP contribution in [-0.4, -0.2) is 46.5 Å². The number of likely N-dealkylation sites (tertiary alicyclic amines) is 1. The third-order valence-electron chi connectivity index (χ3n) is 4.37. The van der Waals surface area contributed by atoms with Crippen molar-refractivity contribution < 1.29 is 4.74 Å². The maximum Gasteiger partial charge on any atom is 0.163 e. The summed E-state index contributed by atoms with van der Waals surface area (Å²) in [6.07, 6.45) is 2.50. The van der Waals surface area contributed by atoms with Gasteiger partial charge in [-0.05, 0) is 25.3 Å². The molecular weight excluding hydrogens is 276 g/mol. The molecule has 5 heteroatoms. The molecule has 5 nitrogen and oxygen atoms in total. The molecule has 0 amide bonds. The largest absolute Gasteiger partial charge is 0.384 e. The average molecular weight is 300 g/mol. The van der Waals surface area contributed by atoms with Gasteiger partial charge >= 0.3 is 0 Å². The molecule has 0 spiro atoms. The van der Waals surface area contributed by atoms with Gasteiger partial charge in [0.2, 0.25) is 0 Å². The number of aromatic nitrogens is 3. The zero-order chi connectivity index (χ0) is 15.4. The van der Waals surface area contributed by atoms with E-state index in [1.165, 1.54) is 12.8 Å². The highest BCUT2D eigenvalue weighted by Gasteiger charge is 2.21. The molecule has 0 unspecified atom stereocenters. The molecule has 1 fully saturated rings. The zero-order valence-corrected chi connectivity index (χ0v) is 13.4. The van der Waals surface area contributed by atoms with Gasteiger partial charge in [-0.2, -0.15) is 0 Å². The van der Waals surface area contributed by atoms with Gasteiger partial charge in [0, 0.05) is 26.3 Å². The molecule has 0 radical (unpaired) electrons. The van der Waals surface area contributed by atoms with Crippen LogP contribution in [0.25, 0.3) is 11.4 Å². The molecule has 118 valence electrons. The summed E-state index contributed by atoms with van der Waals surface area (Å²) in [5.74, 6) is 2.60. The molecule has 1 aliphatic rings. The first-order chi connectivity index (χ1) is 10.8. The quantitative estimate of drug-likeness (QED) is 0.850. The van der Waals surface area contributed by atoms with Gasteiger partial charge in [-0.15, -0.1) is 10.2 Å². The summed E-state index contributed by atoms with van der Waals surface area (Å²) >= 11 is 0. The topological polar surface area (TPSA) is 43.2 Å². The van der Waals surface area contributed by atoms with Gasteiger partial charge in [-0.3, -0.25) is 4.90 Å². The van der Waals surface area contributed by atoms with E-state index in [1.807, 2.05) is 25.2 Å². The Hall–Kier alpha value is -1.72. The lowest BCUT2D eigenvalue weighted by Gasteiger charge is -2.31. The van der Waals surface area contributed by atoms with Gasteiger partial charge in [0.25, 0.3) is 0 Å². The summed E-state index contributed by atoms with van der Waals surface area (Å²) in [7, 11) is 3.84. The summed E-state index contributed by atoms with van der Waals surface area (Å²) in [5.41, 5.74) is 1.11. The van der Waals surface area contributed by atoms with Crippen LogP contribution in [0.5, 0.6) is 0 Å². The summed E-state index contributed by atoms with van der Waals surface area (Å²) in [6.45, 7) is 3.93. The highest BCUT2D eigenvalue weighted by Crippen LogP contribution is 2.20. The molecule has 3 rings (SSSR count). The molecule has 1 saturated heterocycles. The van der Waals surface area contributed by atoms with Crippen LogP contribution in [0.2, 0.25) is 0 Å². The first kappa shape index (κ1) is 15.2. The number of hydrogen-bond donors (Lipinski definition) is 0. The standard InChI is InChI=1S/C17H24N4O/c1-20-16(12-21-10-6-7-14(11-21)13-22-2)18-19-17(20)15-8-4-3-5-9-15/h3-5,8-9,14H,6-7,10-13H2,1-2H3/t14-/m0/s1. The fourth-order valence-corrected chi connectivity index (χ4v) is 3.20. The van der Waals surface area contributed by atoms with Crippen LogP contribution < -0.4 is 0 Å². The van der Waals surface area contributed by atoms with E-state index in [0.29, 0.717) is 5.92 Å². The fourth-order valence-electron chi connectivity index (χ4n) is 3.20. The zero-order valence-electron chi connectivity index (χ0n) is 13.4. The number of rotatable bonds is 5. The SMILES string of the molecule is COC[C@H]1CCCN(Cc2nnc(-c3ccccc3)n2C)C1. The third-order valence-corrected chi connectivity index (χ3v) is 4.37. The van der Waals surface area contributed by atoms with Gasteiger partial charge in [0.1, 0.15) is 5.82 Å². The van der Waals surface area contributed by atoms with Crippen LogP contribution in [0.3, 0.4) is 0 Å². The number of piperidine rings is 1. The monoisotopic (exact) mass is 300 g/mol. The molecule has 1 atom stereocenters. The molecule has 1 aromatic heterocycles. The van der Waals surface area contributed by atoms with Crippen LogP contribution in [0.4, 0.5) is 0 Å². The maximum absolute atomic E-state index is 5.31. The van der Waals surface area contributed by atoms with Crippen molar-refractivity contribution in [1.29, 1.82) is 0 Å². The highest BCUT2D eigenvalue weighted by molar-refractivity contribution is 5.54. The Morgan fingerprint density at radius 3 is 2.82 bits per heavy atom. The molecule has 0 bridgehead atoms. The van der Waals surface area contributed by atoms with Gasteiger partial charge in [-0.25, -0.2) is 0 Å². The lowest BCUT2D eigenvalue weighted by atomic mass is 9.99. The molecule has 22 heavy (non-hydrogen) atoms. The van der Waals surface area contributed by atoms with Crippen molar-refractivity contribution in [2.24, 2.45) is 13.0 Å². The summed E-state index contributed by atoms with van der Waals surface area (Å²) in [4.78, 5) is 2.46. The Kier molecular flexibility index (Phi) is 4.85. The summed E-state index contributed by atoms with van der Waals surface area (Å²) < 4.78 is 7.41. The van der Waals surface area contributed by atoms with E-state index in [0.717, 1.165) is 43.5 Å². The minimum Gasteiger partial charge on any atom is -0.384 e. The number of nitrogens with zero attached hydrogens (tertiary/aromatic N) is 4. The van der Waals surface area contributed by atoms with Gasteiger partial charge in [-0.1, -0.05) is 30.3 Å². The van der Waals surface area contributed by atoms with Gasteiger partial charge in [0.05, 0.1) is 13.2 Å². The Balaban J connectivity index is 1.70. The number of ether oxygens (including phenoxy) is 1. The van der Waals surface area contributed by atoms with Crippen molar-refractivity contribution in [3.8, 4) is 11.4 Å². The number of hydrogen-bond acceptors (Lipinski definition) is 4. The van der Waals surface area contributed by atoms with Crippen LogP contribution in [-0.2, 0) is 18.3 Å². The van der Waals surface area contributed by atoms with Crippen LogP contribution >= 0.6 is 0 Å². The molecule has 0 N–H and O–H groups in total. The Bertz CT molecular complexity index is 594. The maximum atomic E-state index is 5.31. The third kappa shape index (κ3) is 3.36. The van der Waals surface area contributed by atoms with E-state index in [9.17, 15) is 0 Å². The van der Waals surface area contributed by atoms with Crippen molar-refractivity contribution >= 4 is 0 Å². The lowest BCUT2D eigenvalue weighted by Crippen LogP contribution is -2.37. The molecule has 2 aromatic rings. The number of benzene rings is 1. The summed E-state index contributed by atoms with van der Waals surface area (Å²) in [6, 6.07) is 10.2. The van der Waals surface area contributed by atoms with E-state index >= 15 is 0 Å². The first-order valence-electron chi connectivity index (χ1n) is 7.93. The lowest BCUT2D eigenvalue weighted by molar-refractivity contribution is 0.0857. The average Bonchev–Trinajstić information content (AvgIpc) is 2.90. The molecule has 1 aromatic carbocycles. The van der Waals surface area contributed by atoms with Crippen molar-refractivity contribution in [1.82, 2.24) is 19.7 Å². The van der Waals surface area contributed by atoms with Crippen LogP contribution in [0.1, 0.15) is 18.7 Å². The van der Waals surface area contributed by atoms with Crippen molar-refractivity contribution in [2.75, 3.05) is 26.8 Å². The molecule has 2 heterocycles. The smallest absolute Gasteiger partial charge is 0.163 e. The van der Waals surface area contributed by atoms with Crippen LogP contribution in [0.15, 0.2) is 30.3 Å². The minimum absolute atomic E-state index is 0.639. The van der Waals surface area contributed by atoms with E-state index in [2.05, 4.69) is 31.8 Å². The second-order valence-electron chi connectivity index (χ2n) is 6.06. The molecule has 0 saturated carbocycles. The Morgan fingerprint density at radius 1 is 1.23 bits per heavy atom. The van der Waals surface area contributed by atoms with Crippen molar-refractivity contribution in [2.45, 2.75) is 19.4 Å². The first-order valence-corrected chi connectivity index (χ1v) is 7.93. The van der Waals surface area contributed by atoms with E-state index < -0.39 is 0 Å². The van der Waals surface area contributed by atoms with Crippen molar-refractivity contribution in [3.63, 3.8) is 0 Å². The van der Waals surface area contributed by atoms with E-state index in [4.69, 9.17) is 4.74 Å². The molecule has 0 aliphatic carbocycles. The highest BCUT2D eigenvalue weighted by atomic mass is 16.5. The second kappa shape index (κ2) is 7.03. The van der Waals surface area contributed by atoms with Gasteiger partial charge in [0.15, 0.2) is 5.82 Å². The van der Waals surface area contributed by atoms with Crippen LogP contribution in [0, 0.1) is 5.92 Å². The Morgan fingerprint density at radius 2 is 2.05 bits per heavy atom. The van der Waals surface area contributed by atoms with Crippen molar-refractivity contribution in [3.05, 3.63) is 36.2 Å². The van der Waals surface area contributed by atoms with E-state index in [1.54, 1.807) is 7.11 Å². The molecule has 1 aliphatic heterocycles. The van der Waals surface area contributed by atoms with Gasteiger partial charge < -0.3 is 9.30 Å².